The molecular weight excluding hydrogens is 264 g/mol. The third-order valence-corrected chi connectivity index (χ3v) is 3.31. The zero-order chi connectivity index (χ0) is 15.1. The Morgan fingerprint density at radius 2 is 1.90 bits per heavy atom. The van der Waals surface area contributed by atoms with Crippen molar-refractivity contribution >= 4 is 5.69 Å². The van der Waals surface area contributed by atoms with E-state index >= 15 is 0 Å². The topological polar surface area (TPSA) is 108 Å². The van der Waals surface area contributed by atoms with Gasteiger partial charge < -0.3 is 20.3 Å². The number of benzene rings is 1. The Kier molecular flexibility index (Phi) is 3.58. The summed E-state index contributed by atoms with van der Waals surface area (Å²) in [6, 6.07) is 1.87. The van der Waals surface area contributed by atoms with Crippen LogP contribution in [-0.4, -0.2) is 22.9 Å². The fraction of sp³-hybridized carbons (Fsp3) is 0.538. The first-order chi connectivity index (χ1) is 9.21. The number of nitro benzene ring substituents is 1. The maximum Gasteiger partial charge on any atom is 0.278 e. The van der Waals surface area contributed by atoms with Gasteiger partial charge in [0, 0.05) is 0 Å². The molecule has 0 bridgehead atoms. The van der Waals surface area contributed by atoms with E-state index in [1.807, 2.05) is 20.8 Å². The first-order valence-corrected chi connectivity index (χ1v) is 6.23. The second kappa shape index (κ2) is 4.92. The summed E-state index contributed by atoms with van der Waals surface area (Å²) in [6.07, 6.45) is -0.929. The van der Waals surface area contributed by atoms with E-state index < -0.39 is 22.5 Å². The summed E-state index contributed by atoms with van der Waals surface area (Å²) in [6.45, 7) is 5.47. The third kappa shape index (κ3) is 2.54. The molecule has 7 nitrogen and oxygen atoms in total. The lowest BCUT2D eigenvalue weighted by molar-refractivity contribution is -0.386. The molecule has 7 heteroatoms. The lowest BCUT2D eigenvalue weighted by atomic mass is 9.82. The predicted molar refractivity (Wildman–Crippen MR) is 71.6 cm³/mol. The van der Waals surface area contributed by atoms with Gasteiger partial charge in [-0.3, -0.25) is 10.1 Å². The summed E-state index contributed by atoms with van der Waals surface area (Å²) >= 11 is 0. The van der Waals surface area contributed by atoms with E-state index in [2.05, 4.69) is 0 Å². The van der Waals surface area contributed by atoms with Gasteiger partial charge in [0.15, 0.2) is 11.5 Å². The second-order valence-corrected chi connectivity index (χ2v) is 5.86. The maximum atomic E-state index is 11.2. The van der Waals surface area contributed by atoms with Crippen LogP contribution in [0.4, 0.5) is 5.69 Å². The van der Waals surface area contributed by atoms with Crippen LogP contribution < -0.4 is 15.2 Å². The van der Waals surface area contributed by atoms with Crippen LogP contribution in [0.3, 0.4) is 0 Å². The highest BCUT2D eigenvalue weighted by Gasteiger charge is 2.34. The second-order valence-electron chi connectivity index (χ2n) is 5.86. The summed E-state index contributed by atoms with van der Waals surface area (Å²) < 4.78 is 10.3. The molecule has 0 radical (unpaired) electrons. The van der Waals surface area contributed by atoms with Crippen molar-refractivity contribution < 1.29 is 19.5 Å². The highest BCUT2D eigenvalue weighted by molar-refractivity contribution is 5.56. The molecule has 1 aromatic carbocycles. The Labute approximate surface area is 116 Å². The molecule has 0 spiro atoms. The van der Waals surface area contributed by atoms with E-state index in [-0.39, 0.29) is 18.0 Å². The highest BCUT2D eigenvalue weighted by Crippen LogP contribution is 2.41. The molecule has 1 aliphatic heterocycles. The minimum absolute atomic E-state index is 0.0208. The normalized spacial score (nSPS) is 16.9. The average Bonchev–Trinajstić information content (AvgIpc) is 2.81. The molecule has 0 saturated heterocycles. The van der Waals surface area contributed by atoms with Gasteiger partial charge in [-0.1, -0.05) is 20.8 Å². The van der Waals surface area contributed by atoms with Crippen molar-refractivity contribution in [3.05, 3.63) is 27.8 Å². The van der Waals surface area contributed by atoms with E-state index in [9.17, 15) is 15.2 Å². The molecule has 0 fully saturated rings. The van der Waals surface area contributed by atoms with E-state index in [0.29, 0.717) is 11.5 Å². The quantitative estimate of drug-likeness (QED) is 0.645. The van der Waals surface area contributed by atoms with E-state index in [1.54, 1.807) is 0 Å². The van der Waals surface area contributed by atoms with Gasteiger partial charge in [0.25, 0.3) is 5.69 Å². The number of aliphatic hydroxyl groups is 1. The molecule has 0 amide bonds. The van der Waals surface area contributed by atoms with Crippen molar-refractivity contribution in [1.82, 2.24) is 0 Å². The van der Waals surface area contributed by atoms with Crippen LogP contribution in [0.2, 0.25) is 0 Å². The summed E-state index contributed by atoms with van der Waals surface area (Å²) in [4.78, 5) is 10.6. The van der Waals surface area contributed by atoms with Gasteiger partial charge in [-0.15, -0.1) is 0 Å². The number of fused-ring (bicyclic) bond motifs is 1. The van der Waals surface area contributed by atoms with Crippen LogP contribution in [-0.2, 0) is 0 Å². The molecule has 0 unspecified atom stereocenters. The molecule has 110 valence electrons. The van der Waals surface area contributed by atoms with Crippen molar-refractivity contribution in [1.29, 1.82) is 0 Å². The van der Waals surface area contributed by atoms with Crippen molar-refractivity contribution in [2.75, 3.05) is 6.79 Å². The Bertz CT molecular complexity index is 538. The van der Waals surface area contributed by atoms with Crippen LogP contribution in [0.1, 0.15) is 32.4 Å². The molecule has 20 heavy (non-hydrogen) atoms. The van der Waals surface area contributed by atoms with Gasteiger partial charge in [-0.05, 0) is 11.5 Å². The van der Waals surface area contributed by atoms with E-state index in [0.717, 1.165) is 0 Å². The van der Waals surface area contributed by atoms with Crippen LogP contribution in [0.25, 0.3) is 0 Å². The van der Waals surface area contributed by atoms with Gasteiger partial charge in [-0.25, -0.2) is 0 Å². The number of nitrogens with two attached hydrogens (primary N) is 1. The van der Waals surface area contributed by atoms with Crippen molar-refractivity contribution in [2.24, 2.45) is 11.1 Å². The van der Waals surface area contributed by atoms with Crippen molar-refractivity contribution in [3.8, 4) is 11.5 Å². The van der Waals surface area contributed by atoms with Crippen molar-refractivity contribution in [2.45, 2.75) is 32.9 Å². The lowest BCUT2D eigenvalue weighted by Gasteiger charge is -2.30. The summed E-state index contributed by atoms with van der Waals surface area (Å²) in [7, 11) is 0. The Hall–Kier alpha value is -1.86. The maximum absolute atomic E-state index is 11.2. The summed E-state index contributed by atoms with van der Waals surface area (Å²) in [5.74, 6) is 0.722. The highest BCUT2D eigenvalue weighted by atomic mass is 16.7. The molecule has 2 atom stereocenters. The lowest BCUT2D eigenvalue weighted by Crippen LogP contribution is -2.37. The molecular formula is C13H18N2O5. The third-order valence-electron chi connectivity index (χ3n) is 3.31. The van der Waals surface area contributed by atoms with Gasteiger partial charge in [0.05, 0.1) is 28.7 Å². The summed E-state index contributed by atoms with van der Waals surface area (Å²) in [5.41, 5.74) is 5.57. The van der Waals surface area contributed by atoms with Crippen LogP contribution in [0, 0.1) is 15.5 Å². The van der Waals surface area contributed by atoms with Crippen LogP contribution in [0.5, 0.6) is 11.5 Å². The van der Waals surface area contributed by atoms with E-state index in [4.69, 9.17) is 15.2 Å². The van der Waals surface area contributed by atoms with Crippen LogP contribution >= 0.6 is 0 Å². The Balaban J connectivity index is 2.47. The van der Waals surface area contributed by atoms with Crippen LogP contribution in [0.15, 0.2) is 12.1 Å². The Morgan fingerprint density at radius 1 is 1.35 bits per heavy atom. The standard InChI is InChI=1S/C13H18N2O5/c1-13(2,3)12(16)11(14)7-4-9-10(20-6-19-9)5-8(7)15(17)18/h4-5,11-12,16H,6,14H2,1-3H3/t11-,12-/m1/s1. The smallest absolute Gasteiger partial charge is 0.278 e. The zero-order valence-corrected chi connectivity index (χ0v) is 11.6. The number of rotatable bonds is 3. The first kappa shape index (κ1) is 14.5. The Morgan fingerprint density at radius 3 is 2.40 bits per heavy atom. The van der Waals surface area contributed by atoms with Gasteiger partial charge >= 0.3 is 0 Å². The SMILES string of the molecule is CC(C)(C)[C@H](O)[C@H](N)c1cc2c(cc1[N+](=O)[O-])OCO2. The number of nitrogens with zero attached hydrogens (tertiary/aromatic N) is 1. The predicted octanol–water partition coefficient (Wildman–Crippen LogP) is 1.73. The molecule has 0 aromatic heterocycles. The molecule has 1 aliphatic rings. The fourth-order valence-electron chi connectivity index (χ4n) is 2.08. The van der Waals surface area contributed by atoms with E-state index in [1.165, 1.54) is 12.1 Å². The molecule has 3 N–H and O–H groups in total. The monoisotopic (exact) mass is 282 g/mol. The molecule has 1 aromatic rings. The average molecular weight is 282 g/mol. The van der Waals surface area contributed by atoms with Crippen molar-refractivity contribution in [3.63, 3.8) is 0 Å². The number of hydrogen-bond donors (Lipinski definition) is 2. The minimum atomic E-state index is -0.929. The fourth-order valence-corrected chi connectivity index (χ4v) is 2.08. The number of hydrogen-bond acceptors (Lipinski definition) is 6. The molecule has 1 heterocycles. The number of ether oxygens (including phenoxy) is 2. The number of nitro groups is 1. The zero-order valence-electron chi connectivity index (χ0n) is 11.6. The minimum Gasteiger partial charge on any atom is -0.454 e. The molecule has 2 rings (SSSR count). The van der Waals surface area contributed by atoms with Gasteiger partial charge in [0.1, 0.15) is 0 Å². The van der Waals surface area contributed by atoms with Gasteiger partial charge in [0.2, 0.25) is 6.79 Å². The largest absolute Gasteiger partial charge is 0.454 e. The summed E-state index contributed by atoms with van der Waals surface area (Å²) in [5, 5.41) is 21.4. The number of aliphatic hydroxyl groups excluding tert-OH is 1. The first-order valence-electron chi connectivity index (χ1n) is 6.23. The molecule has 0 aliphatic carbocycles. The van der Waals surface area contributed by atoms with Gasteiger partial charge in [-0.2, -0.15) is 0 Å². The molecule has 0 saturated carbocycles.